The molecule has 0 aliphatic carbocycles. The summed E-state index contributed by atoms with van der Waals surface area (Å²) in [6.45, 7) is 3.69. The summed E-state index contributed by atoms with van der Waals surface area (Å²) in [5.74, 6) is -0.201. The standard InChI is InChI=1S/C17H17N5O3S3/c1-11-10-26-17(20-11)27-12(2)15(23)21-13-4-6-14(7-5-13)28(24,25)22-16-18-8-3-9-19-16/h3-10,12H,1-2H3,(H,21,23)(H,18,19,22). The van der Waals surface area contributed by atoms with Crippen LogP contribution in [-0.2, 0) is 14.8 Å². The fraction of sp³-hybridized carbons (Fsp3) is 0.176. The number of hydrogen-bond donors (Lipinski definition) is 2. The van der Waals surface area contributed by atoms with Crippen LogP contribution < -0.4 is 10.0 Å². The van der Waals surface area contributed by atoms with E-state index in [4.69, 9.17) is 0 Å². The number of amides is 1. The van der Waals surface area contributed by atoms with Gasteiger partial charge in [0.05, 0.1) is 10.1 Å². The second-order valence-electron chi connectivity index (χ2n) is 5.71. The molecule has 2 aromatic heterocycles. The normalized spacial score (nSPS) is 12.4. The van der Waals surface area contributed by atoms with E-state index in [-0.39, 0.29) is 22.0 Å². The summed E-state index contributed by atoms with van der Waals surface area (Å²) >= 11 is 2.87. The molecule has 11 heteroatoms. The highest BCUT2D eigenvalue weighted by Crippen LogP contribution is 2.27. The van der Waals surface area contributed by atoms with Crippen LogP contribution in [0.1, 0.15) is 12.6 Å². The molecule has 2 heterocycles. The number of nitrogens with one attached hydrogen (secondary N) is 2. The van der Waals surface area contributed by atoms with Gasteiger partial charge in [-0.15, -0.1) is 11.3 Å². The van der Waals surface area contributed by atoms with Crippen molar-refractivity contribution < 1.29 is 13.2 Å². The summed E-state index contributed by atoms with van der Waals surface area (Å²) in [5, 5.41) is 4.36. The molecule has 0 spiro atoms. The van der Waals surface area contributed by atoms with E-state index in [1.807, 2.05) is 12.3 Å². The van der Waals surface area contributed by atoms with Crippen LogP contribution in [0.4, 0.5) is 11.6 Å². The minimum atomic E-state index is -3.81. The van der Waals surface area contributed by atoms with Gasteiger partial charge in [0, 0.05) is 29.2 Å². The molecular weight excluding hydrogens is 418 g/mol. The monoisotopic (exact) mass is 435 g/mol. The minimum Gasteiger partial charge on any atom is -0.325 e. The lowest BCUT2D eigenvalue weighted by Gasteiger charge is -2.11. The van der Waals surface area contributed by atoms with Gasteiger partial charge in [-0.05, 0) is 44.2 Å². The second-order valence-corrected chi connectivity index (χ2v) is 9.83. The van der Waals surface area contributed by atoms with Crippen LogP contribution in [0.3, 0.4) is 0 Å². The number of sulfonamides is 1. The number of thiazole rings is 1. The van der Waals surface area contributed by atoms with E-state index in [1.165, 1.54) is 59.8 Å². The topological polar surface area (TPSA) is 114 Å². The predicted octanol–water partition coefficient (Wildman–Crippen LogP) is 3.16. The maximum Gasteiger partial charge on any atom is 0.264 e. The van der Waals surface area contributed by atoms with Crippen molar-refractivity contribution in [3.8, 4) is 0 Å². The number of nitrogens with zero attached hydrogens (tertiary/aromatic N) is 3. The first-order chi connectivity index (χ1) is 13.3. The molecule has 146 valence electrons. The average molecular weight is 436 g/mol. The molecule has 3 aromatic rings. The maximum atomic E-state index is 12.4. The van der Waals surface area contributed by atoms with Crippen LogP contribution in [-0.4, -0.2) is 34.5 Å². The first-order valence-corrected chi connectivity index (χ1v) is 11.4. The molecule has 3 rings (SSSR count). The number of rotatable bonds is 7. The zero-order chi connectivity index (χ0) is 20.1. The Labute approximate surface area is 170 Å². The average Bonchev–Trinajstić information content (AvgIpc) is 3.07. The SMILES string of the molecule is Cc1csc(SC(C)C(=O)Nc2ccc(S(=O)(=O)Nc3ncccn3)cc2)n1. The Bertz CT molecular complexity index is 1050. The van der Waals surface area contributed by atoms with Crippen molar-refractivity contribution in [3.05, 3.63) is 53.8 Å². The Kier molecular flexibility index (Phi) is 6.27. The minimum absolute atomic E-state index is 0.0110. The molecule has 0 fully saturated rings. The van der Waals surface area contributed by atoms with E-state index in [9.17, 15) is 13.2 Å². The highest BCUT2D eigenvalue weighted by Gasteiger charge is 2.18. The van der Waals surface area contributed by atoms with Crippen molar-refractivity contribution in [1.82, 2.24) is 15.0 Å². The second kappa shape index (κ2) is 8.67. The van der Waals surface area contributed by atoms with Gasteiger partial charge in [-0.1, -0.05) is 11.8 Å². The van der Waals surface area contributed by atoms with Gasteiger partial charge in [0.1, 0.15) is 0 Å². The van der Waals surface area contributed by atoms with Crippen LogP contribution in [0.2, 0.25) is 0 Å². The van der Waals surface area contributed by atoms with E-state index in [0.717, 1.165) is 10.0 Å². The molecule has 0 radical (unpaired) electrons. The van der Waals surface area contributed by atoms with E-state index in [1.54, 1.807) is 13.0 Å². The van der Waals surface area contributed by atoms with Gasteiger partial charge >= 0.3 is 0 Å². The Morgan fingerprint density at radius 2 is 1.86 bits per heavy atom. The number of aromatic nitrogens is 3. The van der Waals surface area contributed by atoms with Gasteiger partial charge in [0.25, 0.3) is 10.0 Å². The quantitative estimate of drug-likeness (QED) is 0.548. The molecule has 1 atom stereocenters. The third kappa shape index (κ3) is 5.27. The highest BCUT2D eigenvalue weighted by atomic mass is 32.2. The molecule has 0 saturated carbocycles. The van der Waals surface area contributed by atoms with E-state index in [2.05, 4.69) is 25.0 Å². The van der Waals surface area contributed by atoms with Crippen molar-refractivity contribution >= 4 is 50.7 Å². The van der Waals surface area contributed by atoms with Crippen LogP contribution in [0, 0.1) is 6.92 Å². The van der Waals surface area contributed by atoms with Gasteiger partial charge in [0.15, 0.2) is 4.34 Å². The van der Waals surface area contributed by atoms with Crippen LogP contribution in [0.5, 0.6) is 0 Å². The molecule has 0 aliphatic rings. The van der Waals surface area contributed by atoms with Gasteiger partial charge in [-0.3, -0.25) is 4.79 Å². The zero-order valence-electron chi connectivity index (χ0n) is 15.0. The Morgan fingerprint density at radius 1 is 1.18 bits per heavy atom. The summed E-state index contributed by atoms with van der Waals surface area (Å²) in [6.07, 6.45) is 2.88. The van der Waals surface area contributed by atoms with Gasteiger partial charge < -0.3 is 5.32 Å². The first-order valence-electron chi connectivity index (χ1n) is 8.13. The first kappa shape index (κ1) is 20.2. The maximum absolute atomic E-state index is 12.4. The number of anilines is 2. The van der Waals surface area contributed by atoms with Crippen LogP contribution in [0.25, 0.3) is 0 Å². The Balaban J connectivity index is 1.62. The Hall–Kier alpha value is -2.50. The molecule has 0 aliphatic heterocycles. The van der Waals surface area contributed by atoms with E-state index in [0.29, 0.717) is 5.69 Å². The van der Waals surface area contributed by atoms with Crippen molar-refractivity contribution in [3.63, 3.8) is 0 Å². The highest BCUT2D eigenvalue weighted by molar-refractivity contribution is 8.02. The number of hydrogen-bond acceptors (Lipinski definition) is 8. The summed E-state index contributed by atoms with van der Waals surface area (Å²) in [4.78, 5) is 24.4. The number of aryl methyl sites for hydroxylation is 1. The lowest BCUT2D eigenvalue weighted by molar-refractivity contribution is -0.115. The summed E-state index contributed by atoms with van der Waals surface area (Å²) in [7, 11) is -3.81. The molecular formula is C17H17N5O3S3. The van der Waals surface area contributed by atoms with Gasteiger partial charge in [0.2, 0.25) is 11.9 Å². The number of thioether (sulfide) groups is 1. The Morgan fingerprint density at radius 3 is 2.46 bits per heavy atom. The number of carbonyl (C=O) groups is 1. The van der Waals surface area contributed by atoms with Gasteiger partial charge in [-0.2, -0.15) is 0 Å². The molecule has 0 saturated heterocycles. The summed E-state index contributed by atoms with van der Waals surface area (Å²) < 4.78 is 27.8. The van der Waals surface area contributed by atoms with Gasteiger partial charge in [-0.25, -0.2) is 28.1 Å². The third-order valence-electron chi connectivity index (χ3n) is 3.47. The van der Waals surface area contributed by atoms with E-state index >= 15 is 0 Å². The molecule has 1 aromatic carbocycles. The largest absolute Gasteiger partial charge is 0.325 e. The fourth-order valence-corrected chi connectivity index (χ4v) is 5.03. The number of benzene rings is 1. The summed E-state index contributed by atoms with van der Waals surface area (Å²) in [5.41, 5.74) is 1.43. The molecule has 1 amide bonds. The predicted molar refractivity (Wildman–Crippen MR) is 110 cm³/mol. The zero-order valence-corrected chi connectivity index (χ0v) is 17.4. The van der Waals surface area contributed by atoms with Crippen LogP contribution in [0.15, 0.2) is 57.3 Å². The van der Waals surface area contributed by atoms with Crippen molar-refractivity contribution in [2.24, 2.45) is 0 Å². The number of carbonyl (C=O) groups excluding carboxylic acids is 1. The lowest BCUT2D eigenvalue weighted by Crippen LogP contribution is -2.22. The third-order valence-corrected chi connectivity index (χ3v) is 7.00. The summed E-state index contributed by atoms with van der Waals surface area (Å²) in [6, 6.07) is 7.46. The van der Waals surface area contributed by atoms with Crippen molar-refractivity contribution in [2.45, 2.75) is 28.3 Å². The molecule has 28 heavy (non-hydrogen) atoms. The van der Waals surface area contributed by atoms with Crippen molar-refractivity contribution in [2.75, 3.05) is 10.0 Å². The van der Waals surface area contributed by atoms with E-state index < -0.39 is 10.0 Å². The smallest absolute Gasteiger partial charge is 0.264 e. The molecule has 1 unspecified atom stereocenters. The molecule has 0 bridgehead atoms. The molecule has 8 nitrogen and oxygen atoms in total. The lowest BCUT2D eigenvalue weighted by atomic mass is 10.3. The fourth-order valence-electron chi connectivity index (χ4n) is 2.08. The van der Waals surface area contributed by atoms with Crippen molar-refractivity contribution in [1.29, 1.82) is 0 Å². The van der Waals surface area contributed by atoms with Crippen LogP contribution >= 0.6 is 23.1 Å². The molecule has 2 N–H and O–H groups in total.